The third-order valence-electron chi connectivity index (χ3n) is 3.55. The van der Waals surface area contributed by atoms with Crippen LogP contribution in [-0.2, 0) is 0 Å². The summed E-state index contributed by atoms with van der Waals surface area (Å²) in [6, 6.07) is 5.18. The fourth-order valence-corrected chi connectivity index (χ4v) is 1.56. The molecule has 0 amide bonds. The lowest BCUT2D eigenvalue weighted by Gasteiger charge is -2.28. The van der Waals surface area contributed by atoms with Crippen molar-refractivity contribution in [3.8, 4) is 0 Å². The van der Waals surface area contributed by atoms with Crippen LogP contribution in [0.2, 0.25) is 0 Å². The van der Waals surface area contributed by atoms with Gasteiger partial charge in [0.2, 0.25) is 0 Å². The van der Waals surface area contributed by atoms with Crippen molar-refractivity contribution in [2.45, 2.75) is 34.6 Å². The minimum absolute atomic E-state index is 0.266. The molecule has 0 aliphatic heterocycles. The summed E-state index contributed by atoms with van der Waals surface area (Å²) < 4.78 is 0. The molecule has 0 saturated heterocycles. The van der Waals surface area contributed by atoms with Crippen LogP contribution < -0.4 is 5.32 Å². The van der Waals surface area contributed by atoms with Crippen LogP contribution in [0.1, 0.15) is 43.6 Å². The summed E-state index contributed by atoms with van der Waals surface area (Å²) in [6.07, 6.45) is 0. The average molecular weight is 249 g/mol. The number of nitrogens with one attached hydrogen (secondary N) is 1. The molecule has 0 saturated carbocycles. The quantitative estimate of drug-likeness (QED) is 0.853. The van der Waals surface area contributed by atoms with Crippen molar-refractivity contribution in [1.29, 1.82) is 0 Å². The van der Waals surface area contributed by atoms with Gasteiger partial charge in [-0.1, -0.05) is 27.7 Å². The SMILES string of the molecule is Cc1cc(C(=O)O)ccc1NCC(C)C(C)(C)C. The summed E-state index contributed by atoms with van der Waals surface area (Å²) >= 11 is 0. The van der Waals surface area contributed by atoms with Gasteiger partial charge in [-0.2, -0.15) is 0 Å². The predicted molar refractivity (Wildman–Crippen MR) is 75.2 cm³/mol. The number of hydrogen-bond donors (Lipinski definition) is 2. The fourth-order valence-electron chi connectivity index (χ4n) is 1.56. The van der Waals surface area contributed by atoms with E-state index in [0.29, 0.717) is 11.5 Å². The Kier molecular flexibility index (Phi) is 4.38. The van der Waals surface area contributed by atoms with Crippen molar-refractivity contribution < 1.29 is 9.90 Å². The van der Waals surface area contributed by atoms with E-state index < -0.39 is 5.97 Å². The highest BCUT2D eigenvalue weighted by Gasteiger charge is 2.19. The first-order valence-electron chi connectivity index (χ1n) is 6.29. The smallest absolute Gasteiger partial charge is 0.335 e. The predicted octanol–water partition coefficient (Wildman–Crippen LogP) is 3.79. The van der Waals surface area contributed by atoms with Crippen LogP contribution in [0.3, 0.4) is 0 Å². The molecule has 1 atom stereocenters. The summed E-state index contributed by atoms with van der Waals surface area (Å²) in [5.41, 5.74) is 2.58. The Bertz CT molecular complexity index is 433. The Labute approximate surface area is 109 Å². The number of carboxylic acids is 1. The van der Waals surface area contributed by atoms with Crippen LogP contribution in [0.5, 0.6) is 0 Å². The van der Waals surface area contributed by atoms with Crippen LogP contribution in [-0.4, -0.2) is 17.6 Å². The first kappa shape index (κ1) is 14.6. The lowest BCUT2D eigenvalue weighted by Crippen LogP contribution is -2.25. The molecule has 0 heterocycles. The maximum absolute atomic E-state index is 10.8. The normalized spacial score (nSPS) is 13.2. The van der Waals surface area contributed by atoms with Crippen LogP contribution in [0.25, 0.3) is 0 Å². The Morgan fingerprint density at radius 3 is 2.44 bits per heavy atom. The summed E-state index contributed by atoms with van der Waals surface area (Å²) in [7, 11) is 0. The van der Waals surface area contributed by atoms with Crippen LogP contribution in [0.4, 0.5) is 5.69 Å². The molecule has 1 aromatic rings. The zero-order chi connectivity index (χ0) is 13.9. The van der Waals surface area contributed by atoms with E-state index in [-0.39, 0.29) is 5.41 Å². The van der Waals surface area contributed by atoms with Gasteiger partial charge in [-0.3, -0.25) is 0 Å². The standard InChI is InChI=1S/C15H23NO2/c1-10-8-12(14(17)18)6-7-13(10)16-9-11(2)15(3,4)5/h6-8,11,16H,9H2,1-5H3,(H,17,18). The zero-order valence-corrected chi connectivity index (χ0v) is 11.9. The minimum Gasteiger partial charge on any atom is -0.478 e. The largest absolute Gasteiger partial charge is 0.478 e. The number of aryl methyl sites for hydroxylation is 1. The van der Waals surface area contributed by atoms with Gasteiger partial charge in [0.25, 0.3) is 0 Å². The molecule has 18 heavy (non-hydrogen) atoms. The van der Waals surface area contributed by atoms with Crippen molar-refractivity contribution in [1.82, 2.24) is 0 Å². The van der Waals surface area contributed by atoms with Crippen molar-refractivity contribution in [2.24, 2.45) is 11.3 Å². The maximum atomic E-state index is 10.8. The number of hydrogen-bond acceptors (Lipinski definition) is 2. The molecule has 3 nitrogen and oxygen atoms in total. The Balaban J connectivity index is 2.72. The van der Waals surface area contributed by atoms with E-state index in [4.69, 9.17) is 5.11 Å². The molecule has 1 rings (SSSR count). The number of carboxylic acid groups (broad SMARTS) is 1. The van der Waals surface area contributed by atoms with Gasteiger partial charge in [0.05, 0.1) is 5.56 Å². The minimum atomic E-state index is -0.882. The van der Waals surface area contributed by atoms with Crippen molar-refractivity contribution >= 4 is 11.7 Å². The van der Waals surface area contributed by atoms with E-state index >= 15 is 0 Å². The summed E-state index contributed by atoms with van der Waals surface area (Å²) in [5.74, 6) is -0.344. The van der Waals surface area contributed by atoms with Crippen LogP contribution in [0, 0.1) is 18.3 Å². The van der Waals surface area contributed by atoms with E-state index in [2.05, 4.69) is 33.0 Å². The van der Waals surface area contributed by atoms with Gasteiger partial charge in [0.15, 0.2) is 0 Å². The van der Waals surface area contributed by atoms with Crippen LogP contribution in [0.15, 0.2) is 18.2 Å². The van der Waals surface area contributed by atoms with Crippen molar-refractivity contribution in [3.63, 3.8) is 0 Å². The second kappa shape index (κ2) is 5.42. The summed E-state index contributed by atoms with van der Waals surface area (Å²) in [4.78, 5) is 10.8. The Morgan fingerprint density at radius 1 is 1.39 bits per heavy atom. The molecule has 0 bridgehead atoms. The van der Waals surface area contributed by atoms with Gasteiger partial charge in [-0.25, -0.2) is 4.79 Å². The van der Waals surface area contributed by atoms with Crippen molar-refractivity contribution in [3.05, 3.63) is 29.3 Å². The summed E-state index contributed by atoms with van der Waals surface area (Å²) in [6.45, 7) is 11.7. The number of carbonyl (C=O) groups is 1. The molecular weight excluding hydrogens is 226 g/mol. The highest BCUT2D eigenvalue weighted by atomic mass is 16.4. The molecule has 0 aliphatic rings. The molecule has 0 fully saturated rings. The fraction of sp³-hybridized carbons (Fsp3) is 0.533. The number of anilines is 1. The molecule has 0 radical (unpaired) electrons. The second-order valence-corrected chi connectivity index (χ2v) is 5.98. The zero-order valence-electron chi connectivity index (χ0n) is 11.9. The number of benzene rings is 1. The van der Waals surface area contributed by atoms with Gasteiger partial charge in [-0.15, -0.1) is 0 Å². The van der Waals surface area contributed by atoms with Crippen LogP contribution >= 0.6 is 0 Å². The van der Waals surface area contributed by atoms with E-state index in [9.17, 15) is 4.79 Å². The van der Waals surface area contributed by atoms with E-state index in [1.54, 1.807) is 12.1 Å². The Hall–Kier alpha value is -1.51. The third kappa shape index (κ3) is 3.76. The van der Waals surface area contributed by atoms with Gasteiger partial charge >= 0.3 is 5.97 Å². The third-order valence-corrected chi connectivity index (χ3v) is 3.55. The van der Waals surface area contributed by atoms with Gasteiger partial charge in [0, 0.05) is 12.2 Å². The van der Waals surface area contributed by atoms with Crippen molar-refractivity contribution in [2.75, 3.05) is 11.9 Å². The average Bonchev–Trinajstić information content (AvgIpc) is 2.25. The first-order chi connectivity index (χ1) is 8.21. The summed E-state index contributed by atoms with van der Waals surface area (Å²) in [5, 5.41) is 12.3. The molecule has 2 N–H and O–H groups in total. The monoisotopic (exact) mass is 249 g/mol. The topological polar surface area (TPSA) is 49.3 Å². The van der Waals surface area contributed by atoms with Gasteiger partial charge < -0.3 is 10.4 Å². The molecule has 1 unspecified atom stereocenters. The first-order valence-corrected chi connectivity index (χ1v) is 6.29. The van der Waals surface area contributed by atoms with E-state index in [1.165, 1.54) is 0 Å². The lowest BCUT2D eigenvalue weighted by atomic mass is 9.82. The van der Waals surface area contributed by atoms with Gasteiger partial charge in [0.1, 0.15) is 0 Å². The second-order valence-electron chi connectivity index (χ2n) is 5.98. The highest BCUT2D eigenvalue weighted by molar-refractivity contribution is 5.88. The molecule has 1 aromatic carbocycles. The van der Waals surface area contributed by atoms with E-state index in [1.807, 2.05) is 13.0 Å². The highest BCUT2D eigenvalue weighted by Crippen LogP contribution is 2.26. The molecule has 3 heteroatoms. The molecular formula is C15H23NO2. The number of aromatic carboxylic acids is 1. The number of rotatable bonds is 4. The Morgan fingerprint density at radius 2 is 2.00 bits per heavy atom. The van der Waals surface area contributed by atoms with Gasteiger partial charge in [-0.05, 0) is 42.0 Å². The lowest BCUT2D eigenvalue weighted by molar-refractivity contribution is 0.0697. The van der Waals surface area contributed by atoms with E-state index in [0.717, 1.165) is 17.8 Å². The molecule has 100 valence electrons. The molecule has 0 spiro atoms. The maximum Gasteiger partial charge on any atom is 0.335 e. The molecule has 0 aromatic heterocycles. The molecule has 0 aliphatic carbocycles.